The van der Waals surface area contributed by atoms with Crippen LogP contribution in [-0.2, 0) is 6.42 Å². The van der Waals surface area contributed by atoms with Crippen LogP contribution in [0.4, 0.5) is 8.78 Å². The van der Waals surface area contributed by atoms with Gasteiger partial charge in [-0.3, -0.25) is 0 Å². The fraction of sp³-hybridized carbons (Fsp3) is 0.333. The standard InChI is InChI=1S/C18H20F2O/c1-10-7-11(2)13(4)18(12(10)3)17(21)9-14-5-6-15(19)16(20)8-14/h5-8,17,21H,9H2,1-4H3. The first-order valence-electron chi connectivity index (χ1n) is 7.00. The Morgan fingerprint density at radius 1 is 0.905 bits per heavy atom. The third-order valence-corrected chi connectivity index (χ3v) is 4.17. The monoisotopic (exact) mass is 290 g/mol. The normalized spacial score (nSPS) is 12.5. The summed E-state index contributed by atoms with van der Waals surface area (Å²) in [7, 11) is 0. The van der Waals surface area contributed by atoms with Crippen LogP contribution >= 0.6 is 0 Å². The number of hydrogen-bond acceptors (Lipinski definition) is 1. The molecule has 2 aromatic carbocycles. The van der Waals surface area contributed by atoms with Gasteiger partial charge in [-0.2, -0.15) is 0 Å². The van der Waals surface area contributed by atoms with Gasteiger partial charge in [-0.1, -0.05) is 12.1 Å². The highest BCUT2D eigenvalue weighted by atomic mass is 19.2. The Morgan fingerprint density at radius 2 is 1.48 bits per heavy atom. The minimum absolute atomic E-state index is 0.266. The fourth-order valence-electron chi connectivity index (χ4n) is 2.74. The second-order valence-corrected chi connectivity index (χ2v) is 5.64. The molecule has 0 aliphatic carbocycles. The van der Waals surface area contributed by atoms with Crippen LogP contribution in [0, 0.1) is 39.3 Å². The van der Waals surface area contributed by atoms with E-state index in [1.54, 1.807) is 0 Å². The molecule has 1 atom stereocenters. The summed E-state index contributed by atoms with van der Waals surface area (Å²) < 4.78 is 26.2. The first-order chi connectivity index (χ1) is 9.81. The largest absolute Gasteiger partial charge is 0.388 e. The van der Waals surface area contributed by atoms with Gasteiger partial charge in [-0.15, -0.1) is 0 Å². The van der Waals surface area contributed by atoms with E-state index in [2.05, 4.69) is 6.07 Å². The molecule has 0 amide bonds. The molecule has 1 N–H and O–H groups in total. The van der Waals surface area contributed by atoms with E-state index in [-0.39, 0.29) is 6.42 Å². The minimum atomic E-state index is -0.881. The quantitative estimate of drug-likeness (QED) is 0.884. The van der Waals surface area contributed by atoms with Crippen LogP contribution in [0.3, 0.4) is 0 Å². The number of hydrogen-bond donors (Lipinski definition) is 1. The van der Waals surface area contributed by atoms with Crippen molar-refractivity contribution in [3.05, 3.63) is 69.3 Å². The number of aryl methyl sites for hydroxylation is 2. The molecule has 3 heteroatoms. The van der Waals surface area contributed by atoms with Crippen molar-refractivity contribution < 1.29 is 13.9 Å². The minimum Gasteiger partial charge on any atom is -0.388 e. The maximum atomic E-state index is 13.3. The predicted molar refractivity (Wildman–Crippen MR) is 80.4 cm³/mol. The Bertz CT molecular complexity index is 651. The molecule has 0 radical (unpaired) electrons. The second kappa shape index (κ2) is 5.94. The number of benzene rings is 2. The topological polar surface area (TPSA) is 20.2 Å². The van der Waals surface area contributed by atoms with Crippen molar-refractivity contribution in [3.63, 3.8) is 0 Å². The molecule has 0 bridgehead atoms. The van der Waals surface area contributed by atoms with Gasteiger partial charge in [0.2, 0.25) is 0 Å². The van der Waals surface area contributed by atoms with Crippen LogP contribution in [0.15, 0.2) is 24.3 Å². The van der Waals surface area contributed by atoms with Gasteiger partial charge >= 0.3 is 0 Å². The molecule has 112 valence electrons. The molecule has 0 aliphatic rings. The number of aliphatic hydroxyl groups is 1. The lowest BCUT2D eigenvalue weighted by Crippen LogP contribution is -2.09. The molecule has 2 rings (SSSR count). The molecule has 0 aromatic heterocycles. The van der Waals surface area contributed by atoms with E-state index < -0.39 is 17.7 Å². The predicted octanol–water partition coefficient (Wildman–Crippen LogP) is 4.47. The van der Waals surface area contributed by atoms with Crippen molar-refractivity contribution in [2.45, 2.75) is 40.2 Å². The number of rotatable bonds is 3. The van der Waals surface area contributed by atoms with Crippen molar-refractivity contribution in [1.82, 2.24) is 0 Å². The molecule has 1 nitrogen and oxygen atoms in total. The average Bonchev–Trinajstić information content (AvgIpc) is 2.41. The van der Waals surface area contributed by atoms with Crippen molar-refractivity contribution in [1.29, 1.82) is 0 Å². The van der Waals surface area contributed by atoms with Gasteiger partial charge in [0.25, 0.3) is 0 Å². The van der Waals surface area contributed by atoms with Crippen molar-refractivity contribution in [3.8, 4) is 0 Å². The molecule has 0 heterocycles. The molecule has 0 saturated heterocycles. The highest BCUT2D eigenvalue weighted by molar-refractivity contribution is 5.45. The number of halogens is 2. The number of aliphatic hydroxyl groups excluding tert-OH is 1. The van der Waals surface area contributed by atoms with Crippen LogP contribution in [0.2, 0.25) is 0 Å². The van der Waals surface area contributed by atoms with E-state index in [0.717, 1.165) is 39.9 Å². The molecule has 0 aliphatic heterocycles. The van der Waals surface area contributed by atoms with Crippen LogP contribution in [-0.4, -0.2) is 5.11 Å². The second-order valence-electron chi connectivity index (χ2n) is 5.64. The summed E-state index contributed by atoms with van der Waals surface area (Å²) in [6.07, 6.45) is -0.463. The summed E-state index contributed by atoms with van der Waals surface area (Å²) in [5.74, 6) is -1.75. The molecular formula is C18H20F2O. The van der Waals surface area contributed by atoms with Crippen molar-refractivity contribution in [2.24, 2.45) is 0 Å². The Kier molecular flexibility index (Phi) is 4.43. The fourth-order valence-corrected chi connectivity index (χ4v) is 2.74. The van der Waals surface area contributed by atoms with Gasteiger partial charge in [0.05, 0.1) is 6.10 Å². The first kappa shape index (κ1) is 15.6. The Balaban J connectivity index is 2.36. The van der Waals surface area contributed by atoms with Gasteiger partial charge in [-0.25, -0.2) is 8.78 Å². The molecule has 2 aromatic rings. The lowest BCUT2D eigenvalue weighted by atomic mass is 9.88. The maximum Gasteiger partial charge on any atom is 0.159 e. The summed E-state index contributed by atoms with van der Waals surface area (Å²) in [4.78, 5) is 0. The average molecular weight is 290 g/mol. The van der Waals surface area contributed by atoms with E-state index in [1.807, 2.05) is 27.7 Å². The summed E-state index contributed by atoms with van der Waals surface area (Å²) in [6, 6.07) is 5.85. The van der Waals surface area contributed by atoms with Gasteiger partial charge in [0, 0.05) is 6.42 Å². The summed E-state index contributed by atoms with van der Waals surface area (Å²) in [6.45, 7) is 7.97. The third kappa shape index (κ3) is 3.13. The molecule has 0 fully saturated rings. The first-order valence-corrected chi connectivity index (χ1v) is 7.00. The molecule has 0 saturated carbocycles. The smallest absolute Gasteiger partial charge is 0.159 e. The lowest BCUT2D eigenvalue weighted by Gasteiger charge is -2.20. The molecule has 0 spiro atoms. The van der Waals surface area contributed by atoms with Crippen LogP contribution in [0.1, 0.15) is 39.5 Å². The van der Waals surface area contributed by atoms with Gasteiger partial charge in [0.15, 0.2) is 11.6 Å². The van der Waals surface area contributed by atoms with E-state index in [4.69, 9.17) is 0 Å². The summed E-state index contributed by atoms with van der Waals surface area (Å²) >= 11 is 0. The SMILES string of the molecule is Cc1cc(C)c(C)c(C(O)Cc2ccc(F)c(F)c2)c1C. The summed E-state index contributed by atoms with van der Waals surface area (Å²) in [5, 5.41) is 10.5. The Morgan fingerprint density at radius 3 is 2.00 bits per heavy atom. The highest BCUT2D eigenvalue weighted by Gasteiger charge is 2.17. The highest BCUT2D eigenvalue weighted by Crippen LogP contribution is 2.29. The molecular weight excluding hydrogens is 270 g/mol. The van der Waals surface area contributed by atoms with Crippen molar-refractivity contribution >= 4 is 0 Å². The van der Waals surface area contributed by atoms with E-state index in [9.17, 15) is 13.9 Å². The Labute approximate surface area is 124 Å². The summed E-state index contributed by atoms with van der Waals surface area (Å²) in [5.41, 5.74) is 5.81. The lowest BCUT2D eigenvalue weighted by molar-refractivity contribution is 0.176. The van der Waals surface area contributed by atoms with E-state index in [1.165, 1.54) is 6.07 Å². The van der Waals surface area contributed by atoms with E-state index >= 15 is 0 Å². The van der Waals surface area contributed by atoms with Crippen LogP contribution < -0.4 is 0 Å². The van der Waals surface area contributed by atoms with Gasteiger partial charge in [-0.05, 0) is 73.2 Å². The van der Waals surface area contributed by atoms with Crippen LogP contribution in [0.25, 0.3) is 0 Å². The maximum absolute atomic E-state index is 13.3. The Hall–Kier alpha value is -1.74. The zero-order valence-electron chi connectivity index (χ0n) is 12.8. The van der Waals surface area contributed by atoms with E-state index in [0.29, 0.717) is 5.56 Å². The molecule has 1 unspecified atom stereocenters. The van der Waals surface area contributed by atoms with Gasteiger partial charge in [0.1, 0.15) is 0 Å². The van der Waals surface area contributed by atoms with Crippen LogP contribution in [0.5, 0.6) is 0 Å². The van der Waals surface area contributed by atoms with Gasteiger partial charge < -0.3 is 5.11 Å². The van der Waals surface area contributed by atoms with Crippen molar-refractivity contribution in [2.75, 3.05) is 0 Å². The third-order valence-electron chi connectivity index (χ3n) is 4.17. The zero-order chi connectivity index (χ0) is 15.7. The molecule has 21 heavy (non-hydrogen) atoms. The zero-order valence-corrected chi connectivity index (χ0v) is 12.8.